The average molecular weight is 237 g/mol. The van der Waals surface area contributed by atoms with Gasteiger partial charge in [-0.2, -0.15) is 5.10 Å². The van der Waals surface area contributed by atoms with Gasteiger partial charge in [-0.3, -0.25) is 4.68 Å². The Bertz CT molecular complexity index is 350. The van der Waals surface area contributed by atoms with Crippen molar-refractivity contribution in [2.75, 3.05) is 13.6 Å². The van der Waals surface area contributed by atoms with Gasteiger partial charge in [0.2, 0.25) is 0 Å². The normalized spacial score (nSPS) is 25.4. The summed E-state index contributed by atoms with van der Waals surface area (Å²) in [6.45, 7) is 0.987. The zero-order chi connectivity index (χ0) is 12.3. The maximum Gasteiger partial charge on any atom is 0.0695 e. The van der Waals surface area contributed by atoms with Gasteiger partial charge in [0.15, 0.2) is 0 Å². The Hall–Kier alpha value is -0.870. The molecule has 2 atom stereocenters. The first-order valence-corrected chi connectivity index (χ1v) is 6.53. The summed E-state index contributed by atoms with van der Waals surface area (Å²) in [6.07, 6.45) is 7.20. The molecule has 1 aliphatic rings. The van der Waals surface area contributed by atoms with Crippen LogP contribution in [0.2, 0.25) is 0 Å². The average Bonchev–Trinajstić information content (AvgIpc) is 2.72. The summed E-state index contributed by atoms with van der Waals surface area (Å²) < 4.78 is 1.92. The summed E-state index contributed by atoms with van der Waals surface area (Å²) in [5, 5.41) is 14.2. The molecule has 1 heterocycles. The van der Waals surface area contributed by atoms with Crippen molar-refractivity contribution >= 4 is 0 Å². The number of hydrogen-bond acceptors (Lipinski definition) is 3. The van der Waals surface area contributed by atoms with Crippen LogP contribution in [0.5, 0.6) is 0 Å². The second-order valence-corrected chi connectivity index (χ2v) is 5.10. The van der Waals surface area contributed by atoms with Crippen LogP contribution >= 0.6 is 0 Å². The summed E-state index contributed by atoms with van der Waals surface area (Å²) in [5.41, 5.74) is 1.25. The van der Waals surface area contributed by atoms with E-state index in [1.54, 1.807) is 0 Å². The van der Waals surface area contributed by atoms with Gasteiger partial charge in [-0.15, -0.1) is 0 Å². The number of rotatable bonds is 4. The second-order valence-electron chi connectivity index (χ2n) is 5.10. The fraction of sp³-hybridized carbons (Fsp3) is 0.769. The zero-order valence-electron chi connectivity index (χ0n) is 10.8. The number of aromatic nitrogens is 2. The fourth-order valence-corrected chi connectivity index (χ4v) is 2.71. The van der Waals surface area contributed by atoms with Gasteiger partial charge in [-0.1, -0.05) is 12.8 Å². The number of hydrogen-bond donors (Lipinski definition) is 1. The van der Waals surface area contributed by atoms with Gasteiger partial charge < -0.3 is 10.0 Å². The second kappa shape index (κ2) is 5.65. The Morgan fingerprint density at radius 3 is 2.88 bits per heavy atom. The van der Waals surface area contributed by atoms with E-state index in [2.05, 4.69) is 23.1 Å². The molecule has 4 heteroatoms. The molecule has 2 unspecified atom stereocenters. The van der Waals surface area contributed by atoms with E-state index in [9.17, 15) is 5.11 Å². The molecule has 0 aromatic carbocycles. The van der Waals surface area contributed by atoms with E-state index < -0.39 is 0 Å². The van der Waals surface area contributed by atoms with Crippen molar-refractivity contribution < 1.29 is 5.11 Å². The topological polar surface area (TPSA) is 41.3 Å². The monoisotopic (exact) mass is 237 g/mol. The van der Waals surface area contributed by atoms with Gasteiger partial charge in [0, 0.05) is 37.9 Å². The van der Waals surface area contributed by atoms with Crippen molar-refractivity contribution in [2.24, 2.45) is 7.05 Å². The molecule has 17 heavy (non-hydrogen) atoms. The number of aliphatic hydroxyl groups excluding tert-OH is 1. The van der Waals surface area contributed by atoms with E-state index in [0.29, 0.717) is 6.04 Å². The molecule has 1 aliphatic carbocycles. The van der Waals surface area contributed by atoms with Gasteiger partial charge in [0.1, 0.15) is 0 Å². The molecule has 1 aromatic rings. The SMILES string of the molecule is CN(CCc1ccnn1C)C1CCCCC1O. The molecule has 0 amide bonds. The van der Waals surface area contributed by atoms with Gasteiger partial charge in [-0.25, -0.2) is 0 Å². The van der Waals surface area contributed by atoms with Crippen LogP contribution in [0.15, 0.2) is 12.3 Å². The highest BCUT2D eigenvalue weighted by atomic mass is 16.3. The Kier molecular flexibility index (Phi) is 4.18. The van der Waals surface area contributed by atoms with E-state index in [0.717, 1.165) is 25.8 Å². The van der Waals surface area contributed by atoms with Gasteiger partial charge in [0.25, 0.3) is 0 Å². The number of aliphatic hydroxyl groups is 1. The lowest BCUT2D eigenvalue weighted by Gasteiger charge is -2.35. The third-order valence-electron chi connectivity index (χ3n) is 3.90. The largest absolute Gasteiger partial charge is 0.391 e. The number of likely N-dealkylation sites (N-methyl/N-ethyl adjacent to an activating group) is 1. The van der Waals surface area contributed by atoms with Crippen molar-refractivity contribution in [1.29, 1.82) is 0 Å². The third kappa shape index (κ3) is 3.07. The molecule has 0 saturated heterocycles. The molecule has 0 bridgehead atoms. The Labute approximate surface area is 103 Å². The lowest BCUT2D eigenvalue weighted by atomic mass is 9.91. The van der Waals surface area contributed by atoms with E-state index >= 15 is 0 Å². The molecule has 0 aliphatic heterocycles. The van der Waals surface area contributed by atoms with Crippen molar-refractivity contribution in [1.82, 2.24) is 14.7 Å². The van der Waals surface area contributed by atoms with Crippen LogP contribution in [0.1, 0.15) is 31.4 Å². The quantitative estimate of drug-likeness (QED) is 0.855. The molecule has 4 nitrogen and oxygen atoms in total. The lowest BCUT2D eigenvalue weighted by Crippen LogP contribution is -2.44. The highest BCUT2D eigenvalue weighted by Gasteiger charge is 2.26. The summed E-state index contributed by atoms with van der Waals surface area (Å²) >= 11 is 0. The first-order chi connectivity index (χ1) is 8.18. The van der Waals surface area contributed by atoms with Crippen molar-refractivity contribution in [3.63, 3.8) is 0 Å². The summed E-state index contributed by atoms with van der Waals surface area (Å²) in [7, 11) is 4.10. The molecule has 0 spiro atoms. The highest BCUT2D eigenvalue weighted by Crippen LogP contribution is 2.22. The maximum absolute atomic E-state index is 9.99. The van der Waals surface area contributed by atoms with Crippen LogP contribution in [-0.2, 0) is 13.5 Å². The lowest BCUT2D eigenvalue weighted by molar-refractivity contribution is 0.0326. The number of nitrogens with zero attached hydrogens (tertiary/aromatic N) is 3. The number of aryl methyl sites for hydroxylation is 1. The summed E-state index contributed by atoms with van der Waals surface area (Å²) in [5.74, 6) is 0. The van der Waals surface area contributed by atoms with Gasteiger partial charge in [0.05, 0.1) is 6.10 Å². The van der Waals surface area contributed by atoms with Crippen LogP contribution in [0.3, 0.4) is 0 Å². The highest BCUT2D eigenvalue weighted by molar-refractivity contribution is 5.00. The molecule has 1 N–H and O–H groups in total. The van der Waals surface area contributed by atoms with E-state index in [1.807, 2.05) is 17.9 Å². The van der Waals surface area contributed by atoms with Crippen LogP contribution < -0.4 is 0 Å². The molecular weight excluding hydrogens is 214 g/mol. The Balaban J connectivity index is 1.84. The summed E-state index contributed by atoms with van der Waals surface area (Å²) in [6, 6.07) is 2.41. The molecule has 1 saturated carbocycles. The predicted octanol–water partition coefficient (Wildman–Crippen LogP) is 1.20. The first-order valence-electron chi connectivity index (χ1n) is 6.53. The minimum atomic E-state index is -0.139. The van der Waals surface area contributed by atoms with Crippen LogP contribution in [0, 0.1) is 0 Å². The standard InChI is InChI=1S/C13H23N3O/c1-15(12-5-3-4-6-13(12)17)10-8-11-7-9-14-16(11)2/h7,9,12-13,17H,3-6,8,10H2,1-2H3. The molecule has 96 valence electrons. The van der Waals surface area contributed by atoms with Gasteiger partial charge >= 0.3 is 0 Å². The van der Waals surface area contributed by atoms with Crippen LogP contribution in [0.25, 0.3) is 0 Å². The van der Waals surface area contributed by atoms with E-state index in [-0.39, 0.29) is 6.10 Å². The smallest absolute Gasteiger partial charge is 0.0695 e. The Morgan fingerprint density at radius 2 is 2.24 bits per heavy atom. The molecule has 2 rings (SSSR count). The fourth-order valence-electron chi connectivity index (χ4n) is 2.71. The predicted molar refractivity (Wildman–Crippen MR) is 67.8 cm³/mol. The van der Waals surface area contributed by atoms with Gasteiger partial charge in [-0.05, 0) is 26.0 Å². The molecule has 1 fully saturated rings. The molecular formula is C13H23N3O. The van der Waals surface area contributed by atoms with Crippen molar-refractivity contribution in [3.05, 3.63) is 18.0 Å². The van der Waals surface area contributed by atoms with Crippen molar-refractivity contribution in [2.45, 2.75) is 44.2 Å². The van der Waals surface area contributed by atoms with E-state index in [4.69, 9.17) is 0 Å². The van der Waals surface area contributed by atoms with Crippen LogP contribution in [0.4, 0.5) is 0 Å². The Morgan fingerprint density at radius 1 is 1.47 bits per heavy atom. The molecule has 1 aromatic heterocycles. The minimum Gasteiger partial charge on any atom is -0.391 e. The first kappa shape index (κ1) is 12.6. The van der Waals surface area contributed by atoms with Crippen molar-refractivity contribution in [3.8, 4) is 0 Å². The molecule has 0 radical (unpaired) electrons. The zero-order valence-corrected chi connectivity index (χ0v) is 10.8. The van der Waals surface area contributed by atoms with E-state index in [1.165, 1.54) is 18.5 Å². The third-order valence-corrected chi connectivity index (χ3v) is 3.90. The van der Waals surface area contributed by atoms with Crippen LogP contribution in [-0.4, -0.2) is 45.5 Å². The minimum absolute atomic E-state index is 0.139. The maximum atomic E-state index is 9.99. The summed E-state index contributed by atoms with van der Waals surface area (Å²) in [4.78, 5) is 2.30.